The molecule has 0 aromatic carbocycles. The van der Waals surface area contributed by atoms with E-state index in [0.717, 1.165) is 4.31 Å². The number of hydrogen-bond acceptors (Lipinski definition) is 4. The summed E-state index contributed by atoms with van der Waals surface area (Å²) >= 11 is 0. The molecule has 0 saturated carbocycles. The van der Waals surface area contributed by atoms with Gasteiger partial charge in [0, 0.05) is 26.2 Å². The molecule has 17 heavy (non-hydrogen) atoms. The molecule has 1 fully saturated rings. The maximum atomic E-state index is 11.9. The summed E-state index contributed by atoms with van der Waals surface area (Å²) in [6, 6.07) is 0. The van der Waals surface area contributed by atoms with Gasteiger partial charge in [-0.25, -0.2) is 13.6 Å². The molecule has 0 amide bonds. The quantitative estimate of drug-likeness (QED) is 0.700. The van der Waals surface area contributed by atoms with Crippen molar-refractivity contribution in [3.8, 4) is 0 Å². The Morgan fingerprint density at radius 1 is 1.00 bits per heavy atom. The number of nitrogens with zero attached hydrogens (tertiary/aromatic N) is 2. The third-order valence-corrected chi connectivity index (χ3v) is 5.82. The minimum atomic E-state index is -3.71. The van der Waals surface area contributed by atoms with E-state index in [4.69, 9.17) is 5.14 Å². The van der Waals surface area contributed by atoms with Gasteiger partial charge in [0.2, 0.25) is 10.0 Å². The van der Waals surface area contributed by atoms with Gasteiger partial charge < -0.3 is 0 Å². The molecule has 7 nitrogen and oxygen atoms in total. The van der Waals surface area contributed by atoms with Crippen LogP contribution in [0.3, 0.4) is 0 Å². The molecule has 9 heteroatoms. The highest BCUT2D eigenvalue weighted by molar-refractivity contribution is 7.89. The summed E-state index contributed by atoms with van der Waals surface area (Å²) < 4.78 is 48.3. The molecule has 0 atom stereocenters. The molecule has 1 rings (SSSR count). The molecule has 1 aliphatic heterocycles. The molecular weight excluding hydrogens is 266 g/mol. The number of piperazine rings is 1. The Hall–Kier alpha value is -0.220. The van der Waals surface area contributed by atoms with Crippen molar-refractivity contribution >= 4 is 20.2 Å². The van der Waals surface area contributed by atoms with Crippen molar-refractivity contribution in [3.05, 3.63) is 0 Å². The van der Waals surface area contributed by atoms with Crippen LogP contribution in [0.25, 0.3) is 0 Å². The van der Waals surface area contributed by atoms with E-state index in [1.165, 1.54) is 4.31 Å². The largest absolute Gasteiger partial charge is 0.276 e. The first-order chi connectivity index (χ1) is 7.63. The predicted octanol–water partition coefficient (Wildman–Crippen LogP) is -1.21. The van der Waals surface area contributed by atoms with Crippen molar-refractivity contribution < 1.29 is 16.8 Å². The van der Waals surface area contributed by atoms with Crippen LogP contribution in [0, 0.1) is 5.92 Å². The zero-order valence-corrected chi connectivity index (χ0v) is 11.7. The molecule has 0 bridgehead atoms. The van der Waals surface area contributed by atoms with E-state index in [-0.39, 0.29) is 37.8 Å². The molecule has 0 aromatic rings. The second-order valence-electron chi connectivity index (χ2n) is 4.52. The van der Waals surface area contributed by atoms with Gasteiger partial charge >= 0.3 is 0 Å². The summed E-state index contributed by atoms with van der Waals surface area (Å²) in [5.41, 5.74) is 0. The third-order valence-electron chi connectivity index (χ3n) is 2.49. The van der Waals surface area contributed by atoms with Gasteiger partial charge in [-0.15, -0.1) is 0 Å². The van der Waals surface area contributed by atoms with E-state index < -0.39 is 20.2 Å². The van der Waals surface area contributed by atoms with Gasteiger partial charge in [-0.2, -0.15) is 17.0 Å². The summed E-state index contributed by atoms with van der Waals surface area (Å²) in [4.78, 5) is 0. The van der Waals surface area contributed by atoms with Gasteiger partial charge in [-0.1, -0.05) is 13.8 Å². The first-order valence-corrected chi connectivity index (χ1v) is 8.50. The SMILES string of the molecule is CC(C)CS(=O)(=O)N1CCN(S(N)(=O)=O)CC1. The van der Waals surface area contributed by atoms with Crippen LogP contribution in [-0.4, -0.2) is 57.4 Å². The highest BCUT2D eigenvalue weighted by Crippen LogP contribution is 2.12. The van der Waals surface area contributed by atoms with Gasteiger partial charge in [0.1, 0.15) is 0 Å². The van der Waals surface area contributed by atoms with Crippen molar-refractivity contribution in [1.29, 1.82) is 0 Å². The van der Waals surface area contributed by atoms with Crippen molar-refractivity contribution in [2.24, 2.45) is 11.1 Å². The van der Waals surface area contributed by atoms with Crippen LogP contribution in [0.1, 0.15) is 13.8 Å². The van der Waals surface area contributed by atoms with E-state index >= 15 is 0 Å². The van der Waals surface area contributed by atoms with Gasteiger partial charge in [0.25, 0.3) is 10.2 Å². The van der Waals surface area contributed by atoms with E-state index in [1.54, 1.807) is 0 Å². The maximum Gasteiger partial charge on any atom is 0.276 e. The molecule has 0 spiro atoms. The second-order valence-corrected chi connectivity index (χ2v) is 8.08. The normalized spacial score (nSPS) is 20.9. The zero-order chi connectivity index (χ0) is 13.3. The van der Waals surface area contributed by atoms with Crippen LogP contribution in [-0.2, 0) is 20.2 Å². The standard InChI is InChI=1S/C8H19N3O4S2/c1-8(2)7-16(12,13)10-3-5-11(6-4-10)17(9,14)15/h8H,3-7H2,1-2H3,(H2,9,14,15). The number of hydrogen-bond donors (Lipinski definition) is 1. The fraction of sp³-hybridized carbons (Fsp3) is 1.00. The van der Waals surface area contributed by atoms with Gasteiger partial charge in [-0.05, 0) is 5.92 Å². The lowest BCUT2D eigenvalue weighted by atomic mass is 10.3. The van der Waals surface area contributed by atoms with Crippen molar-refractivity contribution in [2.75, 3.05) is 31.9 Å². The van der Waals surface area contributed by atoms with Crippen LogP contribution >= 0.6 is 0 Å². The average Bonchev–Trinajstić information content (AvgIpc) is 2.14. The number of nitrogens with two attached hydrogens (primary N) is 1. The maximum absolute atomic E-state index is 11.9. The lowest BCUT2D eigenvalue weighted by Crippen LogP contribution is -2.52. The molecular formula is C8H19N3O4S2. The van der Waals surface area contributed by atoms with E-state index in [1.807, 2.05) is 13.8 Å². The Bertz CT molecular complexity index is 449. The van der Waals surface area contributed by atoms with Gasteiger partial charge in [0.15, 0.2) is 0 Å². The Balaban J connectivity index is 2.64. The molecule has 0 unspecified atom stereocenters. The van der Waals surface area contributed by atoms with Crippen LogP contribution in [0.4, 0.5) is 0 Å². The van der Waals surface area contributed by atoms with Crippen LogP contribution < -0.4 is 5.14 Å². The lowest BCUT2D eigenvalue weighted by Gasteiger charge is -2.32. The number of rotatable bonds is 4. The Morgan fingerprint density at radius 2 is 1.41 bits per heavy atom. The summed E-state index contributed by atoms with van der Waals surface area (Å²) in [5, 5.41) is 4.98. The lowest BCUT2D eigenvalue weighted by molar-refractivity contribution is 0.272. The molecule has 1 saturated heterocycles. The van der Waals surface area contributed by atoms with Crippen LogP contribution in [0.5, 0.6) is 0 Å². The minimum absolute atomic E-state index is 0.0521. The summed E-state index contributed by atoms with van der Waals surface area (Å²) in [5.74, 6) is 0.138. The zero-order valence-electron chi connectivity index (χ0n) is 10.0. The smallest absolute Gasteiger partial charge is 0.216 e. The van der Waals surface area contributed by atoms with Crippen LogP contribution in [0.2, 0.25) is 0 Å². The van der Waals surface area contributed by atoms with Crippen LogP contribution in [0.15, 0.2) is 0 Å². The Morgan fingerprint density at radius 3 is 1.76 bits per heavy atom. The first kappa shape index (κ1) is 14.8. The summed E-state index contributed by atoms with van der Waals surface area (Å²) in [6.07, 6.45) is 0. The minimum Gasteiger partial charge on any atom is -0.216 e. The van der Waals surface area contributed by atoms with E-state index in [0.29, 0.717) is 0 Å². The van der Waals surface area contributed by atoms with Gasteiger partial charge in [0.05, 0.1) is 5.75 Å². The van der Waals surface area contributed by atoms with E-state index in [9.17, 15) is 16.8 Å². The monoisotopic (exact) mass is 285 g/mol. The molecule has 0 aliphatic carbocycles. The predicted molar refractivity (Wildman–Crippen MR) is 64.9 cm³/mol. The fourth-order valence-corrected chi connectivity index (χ4v) is 4.17. The Kier molecular flexibility index (Phi) is 4.53. The highest BCUT2D eigenvalue weighted by atomic mass is 32.2. The molecule has 0 radical (unpaired) electrons. The highest BCUT2D eigenvalue weighted by Gasteiger charge is 2.30. The second kappa shape index (κ2) is 5.19. The summed E-state index contributed by atoms with van der Waals surface area (Å²) in [7, 11) is -6.99. The molecule has 102 valence electrons. The molecule has 1 heterocycles. The topological polar surface area (TPSA) is 101 Å². The van der Waals surface area contributed by atoms with E-state index in [2.05, 4.69) is 0 Å². The molecule has 0 aromatic heterocycles. The summed E-state index contributed by atoms with van der Waals surface area (Å²) in [6.45, 7) is 4.25. The first-order valence-electron chi connectivity index (χ1n) is 5.38. The number of sulfonamides is 1. The van der Waals surface area contributed by atoms with Gasteiger partial charge in [-0.3, -0.25) is 0 Å². The Labute approximate surface area is 103 Å². The van der Waals surface area contributed by atoms with Crippen molar-refractivity contribution in [1.82, 2.24) is 8.61 Å². The molecule has 2 N–H and O–H groups in total. The van der Waals surface area contributed by atoms with Crippen molar-refractivity contribution in [3.63, 3.8) is 0 Å². The molecule has 1 aliphatic rings. The average molecular weight is 285 g/mol. The third kappa shape index (κ3) is 4.18. The fourth-order valence-electron chi connectivity index (χ4n) is 1.73. The van der Waals surface area contributed by atoms with Crippen molar-refractivity contribution in [2.45, 2.75) is 13.8 Å².